The maximum atomic E-state index is 5.68. The Morgan fingerprint density at radius 2 is 2.04 bits per heavy atom. The minimum absolute atomic E-state index is 0. The molecule has 7 nitrogen and oxygen atoms in total. The minimum Gasteiger partial charge on any atom is -0.493 e. The molecule has 1 fully saturated rings. The zero-order valence-electron chi connectivity index (χ0n) is 17.2. The Kier molecular flexibility index (Phi) is 13.0. The molecule has 1 saturated heterocycles. The van der Waals surface area contributed by atoms with Gasteiger partial charge in [-0.15, -0.1) is 24.0 Å². The number of guanidine groups is 1. The van der Waals surface area contributed by atoms with E-state index in [9.17, 15) is 0 Å². The second-order valence-corrected chi connectivity index (χ2v) is 6.37. The van der Waals surface area contributed by atoms with Gasteiger partial charge in [0.05, 0.1) is 33.5 Å². The molecule has 0 bridgehead atoms. The number of hydrogen-bond acceptors (Lipinski definition) is 5. The molecule has 1 aliphatic heterocycles. The molecule has 0 aromatic heterocycles. The summed E-state index contributed by atoms with van der Waals surface area (Å²) in [5.41, 5.74) is 1.06. The zero-order valence-corrected chi connectivity index (χ0v) is 19.5. The van der Waals surface area contributed by atoms with Gasteiger partial charge in [0, 0.05) is 26.3 Å². The maximum absolute atomic E-state index is 5.68. The molecule has 0 amide bonds. The number of rotatable bonds is 11. The molecule has 0 spiro atoms. The average molecular weight is 507 g/mol. The number of nitrogens with zero attached hydrogens (tertiary/aromatic N) is 1. The van der Waals surface area contributed by atoms with Crippen molar-refractivity contribution in [2.45, 2.75) is 38.8 Å². The Morgan fingerprint density at radius 3 is 2.71 bits per heavy atom. The lowest BCUT2D eigenvalue weighted by atomic mass is 10.2. The quantitative estimate of drug-likeness (QED) is 0.208. The third kappa shape index (κ3) is 8.83. The molecule has 1 unspecified atom stereocenters. The summed E-state index contributed by atoms with van der Waals surface area (Å²) in [5, 5.41) is 6.60. The van der Waals surface area contributed by atoms with Crippen LogP contribution in [0.1, 0.15) is 31.7 Å². The Balaban J connectivity index is 0.00000392. The molecule has 160 valence electrons. The molecular weight excluding hydrogens is 473 g/mol. The van der Waals surface area contributed by atoms with Crippen molar-refractivity contribution in [3.63, 3.8) is 0 Å². The van der Waals surface area contributed by atoms with Gasteiger partial charge in [0.25, 0.3) is 0 Å². The average Bonchev–Trinajstić information content (AvgIpc) is 3.21. The summed E-state index contributed by atoms with van der Waals surface area (Å²) in [6, 6.07) is 5.84. The Bertz CT molecular complexity index is 581. The fourth-order valence-electron chi connectivity index (χ4n) is 2.86. The predicted molar refractivity (Wildman–Crippen MR) is 122 cm³/mol. The van der Waals surface area contributed by atoms with Crippen molar-refractivity contribution in [3.05, 3.63) is 23.8 Å². The SMILES string of the molecule is CCNC(=NCc1ccc(OC)c(OC)c1)NCCCOCC1CCCO1.I. The van der Waals surface area contributed by atoms with Crippen molar-refractivity contribution in [2.24, 2.45) is 4.99 Å². The highest BCUT2D eigenvalue weighted by atomic mass is 127. The Labute approximate surface area is 185 Å². The van der Waals surface area contributed by atoms with Crippen LogP contribution in [0.2, 0.25) is 0 Å². The van der Waals surface area contributed by atoms with E-state index in [1.807, 2.05) is 18.2 Å². The normalized spacial score (nSPS) is 16.4. The lowest BCUT2D eigenvalue weighted by molar-refractivity contribution is 0.0168. The Hall–Kier alpha value is -1.26. The van der Waals surface area contributed by atoms with Crippen LogP contribution in [0.25, 0.3) is 0 Å². The van der Waals surface area contributed by atoms with Gasteiger partial charge >= 0.3 is 0 Å². The van der Waals surface area contributed by atoms with Gasteiger partial charge in [-0.1, -0.05) is 6.07 Å². The standard InChI is InChI=1S/C20H33N3O4.HI/c1-4-21-20(22-10-6-11-26-15-17-7-5-12-27-17)23-14-16-8-9-18(24-2)19(13-16)25-3;/h8-9,13,17H,4-7,10-12,14-15H2,1-3H3,(H2,21,22,23);1H. The zero-order chi connectivity index (χ0) is 19.3. The molecule has 1 aromatic rings. The lowest BCUT2D eigenvalue weighted by Gasteiger charge is -2.13. The first-order chi connectivity index (χ1) is 13.3. The van der Waals surface area contributed by atoms with Gasteiger partial charge in [0.1, 0.15) is 0 Å². The van der Waals surface area contributed by atoms with E-state index in [4.69, 9.17) is 18.9 Å². The van der Waals surface area contributed by atoms with Crippen LogP contribution >= 0.6 is 24.0 Å². The van der Waals surface area contributed by atoms with Gasteiger partial charge in [0.15, 0.2) is 17.5 Å². The van der Waals surface area contributed by atoms with Gasteiger partial charge in [-0.05, 0) is 43.9 Å². The van der Waals surface area contributed by atoms with Gasteiger partial charge in [0.2, 0.25) is 0 Å². The molecule has 0 radical (unpaired) electrons. The molecule has 2 N–H and O–H groups in total. The van der Waals surface area contributed by atoms with E-state index in [2.05, 4.69) is 22.5 Å². The summed E-state index contributed by atoms with van der Waals surface area (Å²) < 4.78 is 21.8. The summed E-state index contributed by atoms with van der Waals surface area (Å²) in [7, 11) is 3.27. The van der Waals surface area contributed by atoms with Crippen LogP contribution in [0.15, 0.2) is 23.2 Å². The van der Waals surface area contributed by atoms with Gasteiger partial charge < -0.3 is 29.6 Å². The molecular formula is C20H34IN3O4. The monoisotopic (exact) mass is 507 g/mol. The van der Waals surface area contributed by atoms with Crippen molar-refractivity contribution >= 4 is 29.9 Å². The lowest BCUT2D eigenvalue weighted by Crippen LogP contribution is -2.38. The predicted octanol–water partition coefficient (Wildman–Crippen LogP) is 2.96. The van der Waals surface area contributed by atoms with E-state index >= 15 is 0 Å². The first kappa shape index (κ1) is 24.8. The van der Waals surface area contributed by atoms with Gasteiger partial charge in [-0.2, -0.15) is 0 Å². The number of nitrogens with one attached hydrogen (secondary N) is 2. The summed E-state index contributed by atoms with van der Waals surface area (Å²) in [6.45, 7) is 6.54. The molecule has 1 aromatic carbocycles. The van der Waals surface area contributed by atoms with Crippen LogP contribution in [-0.2, 0) is 16.0 Å². The highest BCUT2D eigenvalue weighted by Gasteiger charge is 2.14. The number of halogens is 1. The van der Waals surface area contributed by atoms with E-state index in [1.54, 1.807) is 14.2 Å². The van der Waals surface area contributed by atoms with Crippen LogP contribution < -0.4 is 20.1 Å². The Morgan fingerprint density at radius 1 is 1.21 bits per heavy atom. The van der Waals surface area contributed by atoms with Gasteiger partial charge in [-0.25, -0.2) is 4.99 Å². The summed E-state index contributed by atoms with van der Waals surface area (Å²) >= 11 is 0. The number of ether oxygens (including phenoxy) is 4. The molecule has 28 heavy (non-hydrogen) atoms. The first-order valence-electron chi connectivity index (χ1n) is 9.69. The fraction of sp³-hybridized carbons (Fsp3) is 0.650. The van der Waals surface area contributed by atoms with Crippen molar-refractivity contribution in [1.82, 2.24) is 10.6 Å². The second kappa shape index (κ2) is 14.7. The smallest absolute Gasteiger partial charge is 0.191 e. The largest absolute Gasteiger partial charge is 0.493 e. The summed E-state index contributed by atoms with van der Waals surface area (Å²) in [4.78, 5) is 4.63. The first-order valence-corrected chi connectivity index (χ1v) is 9.69. The molecule has 0 saturated carbocycles. The van der Waals surface area contributed by atoms with E-state index in [0.717, 1.165) is 62.8 Å². The number of hydrogen-bond donors (Lipinski definition) is 2. The van der Waals surface area contributed by atoms with E-state index < -0.39 is 0 Å². The van der Waals surface area contributed by atoms with Crippen LogP contribution in [0.5, 0.6) is 11.5 Å². The minimum atomic E-state index is 0. The molecule has 1 heterocycles. The summed E-state index contributed by atoms with van der Waals surface area (Å²) in [5.74, 6) is 2.23. The second-order valence-electron chi connectivity index (χ2n) is 6.37. The highest BCUT2D eigenvalue weighted by Crippen LogP contribution is 2.27. The van der Waals surface area contributed by atoms with Crippen molar-refractivity contribution in [3.8, 4) is 11.5 Å². The van der Waals surface area contributed by atoms with Crippen LogP contribution in [0.3, 0.4) is 0 Å². The van der Waals surface area contributed by atoms with E-state index in [-0.39, 0.29) is 24.0 Å². The molecule has 2 rings (SSSR count). The van der Waals surface area contributed by atoms with Gasteiger partial charge in [-0.3, -0.25) is 0 Å². The van der Waals surface area contributed by atoms with Crippen LogP contribution in [0, 0.1) is 0 Å². The molecule has 1 aliphatic rings. The summed E-state index contributed by atoms with van der Waals surface area (Å²) in [6.07, 6.45) is 3.48. The fourth-order valence-corrected chi connectivity index (χ4v) is 2.86. The maximum Gasteiger partial charge on any atom is 0.191 e. The third-order valence-electron chi connectivity index (χ3n) is 4.30. The van der Waals surface area contributed by atoms with Crippen LogP contribution in [0.4, 0.5) is 0 Å². The molecule has 8 heteroatoms. The number of benzene rings is 1. The van der Waals surface area contributed by atoms with Crippen LogP contribution in [-0.4, -0.2) is 59.2 Å². The number of methoxy groups -OCH3 is 2. The highest BCUT2D eigenvalue weighted by molar-refractivity contribution is 14.0. The third-order valence-corrected chi connectivity index (χ3v) is 4.30. The van der Waals surface area contributed by atoms with Crippen molar-refractivity contribution in [1.29, 1.82) is 0 Å². The van der Waals surface area contributed by atoms with E-state index in [1.165, 1.54) is 0 Å². The topological polar surface area (TPSA) is 73.3 Å². The van der Waals surface area contributed by atoms with Crippen molar-refractivity contribution < 1.29 is 18.9 Å². The molecule has 1 atom stereocenters. The number of aliphatic imine (C=N–C) groups is 1. The van der Waals surface area contributed by atoms with Crippen molar-refractivity contribution in [2.75, 3.05) is 47.1 Å². The molecule has 0 aliphatic carbocycles. The van der Waals surface area contributed by atoms with E-state index in [0.29, 0.717) is 25.0 Å².